The van der Waals surface area contributed by atoms with Gasteiger partial charge in [-0.25, -0.2) is 22.9 Å². The van der Waals surface area contributed by atoms with Gasteiger partial charge in [-0.2, -0.15) is 5.10 Å². The number of aryl methyl sites for hydroxylation is 1. The number of hydrogen-bond donors (Lipinski definition) is 3. The number of nitrogens with two attached hydrogens (primary N) is 1. The van der Waals surface area contributed by atoms with Crippen LogP contribution in [-0.2, 0) is 16.6 Å². The first-order valence-corrected chi connectivity index (χ1v) is 13.5. The normalized spacial score (nSPS) is 16.2. The number of nitrogens with zero attached hydrogens (tertiary/aromatic N) is 4. The number of anilines is 1. The second kappa shape index (κ2) is 9.83. The SMILES string of the molecule is Cc1ccccc1S(=O)(=O)NCc1ccc(-c2nn([C@@H]3CCCN(C(=O)O)C3)c3ccnc(N)c23)cc1. The van der Waals surface area contributed by atoms with Gasteiger partial charge in [-0.3, -0.25) is 4.68 Å². The molecule has 1 saturated heterocycles. The number of fused-ring (bicyclic) bond motifs is 1. The van der Waals surface area contributed by atoms with E-state index in [9.17, 15) is 18.3 Å². The Hall–Kier alpha value is -3.96. The summed E-state index contributed by atoms with van der Waals surface area (Å²) in [6.45, 7) is 2.77. The largest absolute Gasteiger partial charge is 0.465 e. The van der Waals surface area contributed by atoms with Crippen LogP contribution in [0.2, 0.25) is 0 Å². The molecule has 3 heterocycles. The summed E-state index contributed by atoms with van der Waals surface area (Å²) in [5.74, 6) is 0.347. The fraction of sp³-hybridized carbons (Fsp3) is 0.269. The molecule has 0 bridgehead atoms. The number of carboxylic acid groups (broad SMARTS) is 1. The van der Waals surface area contributed by atoms with Gasteiger partial charge in [0.15, 0.2) is 0 Å². The molecule has 0 saturated carbocycles. The van der Waals surface area contributed by atoms with Crippen molar-refractivity contribution in [2.75, 3.05) is 18.8 Å². The van der Waals surface area contributed by atoms with Crippen molar-refractivity contribution in [1.29, 1.82) is 0 Å². The van der Waals surface area contributed by atoms with Crippen molar-refractivity contribution in [3.63, 3.8) is 0 Å². The van der Waals surface area contributed by atoms with Gasteiger partial charge in [0.2, 0.25) is 10.0 Å². The fourth-order valence-electron chi connectivity index (χ4n) is 4.82. The molecule has 11 heteroatoms. The zero-order valence-electron chi connectivity index (χ0n) is 20.3. The lowest BCUT2D eigenvalue weighted by Crippen LogP contribution is -2.40. The van der Waals surface area contributed by atoms with E-state index in [2.05, 4.69) is 9.71 Å². The first-order chi connectivity index (χ1) is 17.7. The van der Waals surface area contributed by atoms with Gasteiger partial charge < -0.3 is 15.7 Å². The first kappa shape index (κ1) is 24.7. The van der Waals surface area contributed by atoms with Crippen molar-refractivity contribution < 1.29 is 18.3 Å². The molecule has 1 amide bonds. The van der Waals surface area contributed by atoms with Gasteiger partial charge in [-0.1, -0.05) is 42.5 Å². The summed E-state index contributed by atoms with van der Waals surface area (Å²) in [6.07, 6.45) is 2.25. The Morgan fingerprint density at radius 1 is 1.16 bits per heavy atom. The van der Waals surface area contributed by atoms with E-state index in [4.69, 9.17) is 10.8 Å². The lowest BCUT2D eigenvalue weighted by Gasteiger charge is -2.31. The average molecular weight is 521 g/mol. The molecular weight excluding hydrogens is 492 g/mol. The molecule has 1 atom stereocenters. The molecule has 4 N–H and O–H groups in total. The van der Waals surface area contributed by atoms with Gasteiger partial charge in [0.05, 0.1) is 21.8 Å². The van der Waals surface area contributed by atoms with Crippen LogP contribution in [0.3, 0.4) is 0 Å². The van der Waals surface area contributed by atoms with Crippen LogP contribution in [0.25, 0.3) is 22.2 Å². The molecule has 37 heavy (non-hydrogen) atoms. The van der Waals surface area contributed by atoms with E-state index in [-0.39, 0.29) is 17.5 Å². The smallest absolute Gasteiger partial charge is 0.407 e. The number of pyridine rings is 1. The average Bonchev–Trinajstić information content (AvgIpc) is 3.29. The molecular formula is C26H28N6O4S. The van der Waals surface area contributed by atoms with Crippen molar-refractivity contribution in [2.24, 2.45) is 0 Å². The lowest BCUT2D eigenvalue weighted by atomic mass is 10.1. The summed E-state index contributed by atoms with van der Waals surface area (Å²) in [7, 11) is -3.64. The highest BCUT2D eigenvalue weighted by molar-refractivity contribution is 7.89. The van der Waals surface area contributed by atoms with Gasteiger partial charge in [-0.15, -0.1) is 0 Å². The third kappa shape index (κ3) is 4.87. The highest BCUT2D eigenvalue weighted by Gasteiger charge is 2.28. The van der Waals surface area contributed by atoms with Crippen LogP contribution in [-0.4, -0.2) is 52.4 Å². The number of carbonyl (C=O) groups is 1. The van der Waals surface area contributed by atoms with E-state index >= 15 is 0 Å². The van der Waals surface area contributed by atoms with Crippen molar-refractivity contribution in [1.82, 2.24) is 24.4 Å². The van der Waals surface area contributed by atoms with E-state index in [0.29, 0.717) is 35.6 Å². The van der Waals surface area contributed by atoms with E-state index in [1.807, 2.05) is 35.0 Å². The van der Waals surface area contributed by atoms with Crippen LogP contribution >= 0.6 is 0 Å². The maximum Gasteiger partial charge on any atom is 0.407 e. The lowest BCUT2D eigenvalue weighted by molar-refractivity contribution is 0.120. The van der Waals surface area contributed by atoms with Crippen molar-refractivity contribution in [3.8, 4) is 11.3 Å². The van der Waals surface area contributed by atoms with Crippen LogP contribution in [0.4, 0.5) is 10.6 Å². The molecule has 0 aliphatic carbocycles. The highest BCUT2D eigenvalue weighted by atomic mass is 32.2. The Morgan fingerprint density at radius 2 is 1.92 bits per heavy atom. The third-order valence-electron chi connectivity index (χ3n) is 6.74. The standard InChI is InChI=1S/C26H28N6O4S/c1-17-5-2-3-7-22(17)37(35,36)29-15-18-8-10-19(11-9-18)24-23-21(12-13-28-25(23)27)32(30-24)20-6-4-14-31(16-20)26(33)34/h2-3,5,7-13,20,29H,4,6,14-16H2,1H3,(H2,27,28)(H,33,34)/t20-/m1/s1. The summed E-state index contributed by atoms with van der Waals surface area (Å²) in [5, 5.41) is 15.0. The van der Waals surface area contributed by atoms with Crippen LogP contribution in [0.15, 0.2) is 65.7 Å². The molecule has 2 aromatic carbocycles. The zero-order valence-corrected chi connectivity index (χ0v) is 21.1. The second-order valence-corrected chi connectivity index (χ2v) is 10.9. The Morgan fingerprint density at radius 3 is 2.65 bits per heavy atom. The maximum absolute atomic E-state index is 12.7. The third-order valence-corrected chi connectivity index (χ3v) is 8.30. The van der Waals surface area contributed by atoms with Gasteiger partial charge in [0.1, 0.15) is 11.5 Å². The predicted octanol–water partition coefficient (Wildman–Crippen LogP) is 3.78. The van der Waals surface area contributed by atoms with Crippen LogP contribution < -0.4 is 10.5 Å². The Kier molecular flexibility index (Phi) is 6.57. The van der Waals surface area contributed by atoms with E-state index in [0.717, 1.165) is 29.5 Å². The number of nitrogen functional groups attached to an aromatic ring is 1. The Bertz CT molecular complexity index is 1570. The maximum atomic E-state index is 12.7. The van der Waals surface area contributed by atoms with E-state index in [1.165, 1.54) is 4.90 Å². The number of amides is 1. The van der Waals surface area contributed by atoms with Crippen molar-refractivity contribution in [3.05, 3.63) is 71.9 Å². The number of likely N-dealkylation sites (tertiary alicyclic amines) is 1. The molecule has 0 spiro atoms. The highest BCUT2D eigenvalue weighted by Crippen LogP contribution is 2.34. The molecule has 5 rings (SSSR count). The summed E-state index contributed by atoms with van der Waals surface area (Å²) >= 11 is 0. The van der Waals surface area contributed by atoms with Crippen LogP contribution in [0.1, 0.15) is 30.0 Å². The number of aromatic nitrogens is 3. The molecule has 0 radical (unpaired) electrons. The first-order valence-electron chi connectivity index (χ1n) is 12.0. The number of piperidine rings is 1. The van der Waals surface area contributed by atoms with Gasteiger partial charge in [0, 0.05) is 31.4 Å². The number of benzene rings is 2. The minimum absolute atomic E-state index is 0.113. The number of nitrogens with one attached hydrogen (secondary N) is 1. The monoisotopic (exact) mass is 520 g/mol. The Balaban J connectivity index is 1.42. The molecule has 1 aliphatic heterocycles. The second-order valence-electron chi connectivity index (χ2n) is 9.20. The zero-order chi connectivity index (χ0) is 26.2. The molecule has 2 aromatic heterocycles. The summed E-state index contributed by atoms with van der Waals surface area (Å²) < 4.78 is 30.0. The molecule has 192 valence electrons. The summed E-state index contributed by atoms with van der Waals surface area (Å²) in [4.78, 5) is 17.5. The number of hydrogen-bond acceptors (Lipinski definition) is 6. The predicted molar refractivity (Wildman–Crippen MR) is 140 cm³/mol. The van der Waals surface area contributed by atoms with Gasteiger partial charge in [-0.05, 0) is 43.0 Å². The summed E-state index contributed by atoms with van der Waals surface area (Å²) in [6, 6.07) is 16.0. The fourth-order valence-corrected chi connectivity index (χ4v) is 6.08. The van der Waals surface area contributed by atoms with Crippen LogP contribution in [0.5, 0.6) is 0 Å². The molecule has 10 nitrogen and oxygen atoms in total. The van der Waals surface area contributed by atoms with Crippen molar-refractivity contribution in [2.45, 2.75) is 37.2 Å². The molecule has 4 aromatic rings. The Labute approximate surface area is 214 Å². The molecule has 1 aliphatic rings. The minimum atomic E-state index is -3.64. The van der Waals surface area contributed by atoms with Gasteiger partial charge >= 0.3 is 6.09 Å². The van der Waals surface area contributed by atoms with Gasteiger partial charge in [0.25, 0.3) is 0 Å². The van der Waals surface area contributed by atoms with E-state index in [1.54, 1.807) is 37.4 Å². The van der Waals surface area contributed by atoms with E-state index < -0.39 is 16.1 Å². The van der Waals surface area contributed by atoms with Crippen LogP contribution in [0, 0.1) is 6.92 Å². The summed E-state index contributed by atoms with van der Waals surface area (Å²) in [5.41, 5.74) is 9.99. The molecule has 0 unspecified atom stereocenters. The number of rotatable bonds is 6. The quantitative estimate of drug-likeness (QED) is 0.351. The number of sulfonamides is 1. The topological polar surface area (TPSA) is 143 Å². The van der Waals surface area contributed by atoms with Crippen molar-refractivity contribution >= 4 is 32.8 Å². The minimum Gasteiger partial charge on any atom is -0.465 e. The molecule has 1 fully saturated rings.